The van der Waals surface area contributed by atoms with Crippen LogP contribution in [0.2, 0.25) is 0 Å². The number of hydrogen-bond donors (Lipinski definition) is 1. The van der Waals surface area contributed by atoms with Gasteiger partial charge in [-0.05, 0) is 0 Å². The van der Waals surface area contributed by atoms with Crippen molar-refractivity contribution in [3.63, 3.8) is 0 Å². The Morgan fingerprint density at radius 1 is 1.45 bits per heavy atom. The van der Waals surface area contributed by atoms with Crippen LogP contribution in [0.25, 0.3) is 0 Å². The van der Waals surface area contributed by atoms with Crippen LogP contribution >= 0.6 is 0 Å². The molecule has 1 rings (SSSR count). The van der Waals surface area contributed by atoms with E-state index < -0.39 is 22.6 Å². The average Bonchev–Trinajstić information content (AvgIpc) is 1.85. The lowest BCUT2D eigenvalue weighted by atomic mass is 10.1. The molecule has 6 heteroatoms. The lowest BCUT2D eigenvalue weighted by Crippen LogP contribution is -2.40. The standard InChI is InChI=1S/C5H7F2NO2S/c6-5(7)1-2-8-4(3-5)11(9)10/h8H,1-3H2. The van der Waals surface area contributed by atoms with Gasteiger partial charge in [-0.25, -0.2) is 8.78 Å². The molecule has 1 heterocycles. The number of piperidine rings is 1. The number of halogens is 2. The highest BCUT2D eigenvalue weighted by atomic mass is 32.2. The minimum atomic E-state index is -2.86. The van der Waals surface area contributed by atoms with E-state index in [1.165, 1.54) is 0 Å². The first-order chi connectivity index (χ1) is 5.01. The third kappa shape index (κ3) is 2.23. The van der Waals surface area contributed by atoms with Crippen LogP contribution < -0.4 is 5.32 Å². The fourth-order valence-electron chi connectivity index (χ4n) is 0.888. The molecule has 0 spiro atoms. The van der Waals surface area contributed by atoms with Crippen molar-refractivity contribution in [3.05, 3.63) is 0 Å². The van der Waals surface area contributed by atoms with E-state index in [0.29, 0.717) is 0 Å². The van der Waals surface area contributed by atoms with Gasteiger partial charge >= 0.3 is 0 Å². The molecule has 0 aromatic heterocycles. The molecule has 0 amide bonds. The average molecular weight is 183 g/mol. The molecule has 0 aromatic carbocycles. The van der Waals surface area contributed by atoms with E-state index in [1.54, 1.807) is 0 Å². The fraction of sp³-hybridized carbons (Fsp3) is 0.800. The zero-order chi connectivity index (χ0) is 8.48. The van der Waals surface area contributed by atoms with Crippen LogP contribution in [0.5, 0.6) is 0 Å². The summed E-state index contributed by atoms with van der Waals surface area (Å²) < 4.78 is 45.4. The van der Waals surface area contributed by atoms with Crippen molar-refractivity contribution in [2.45, 2.75) is 18.8 Å². The van der Waals surface area contributed by atoms with Crippen LogP contribution in [0.3, 0.4) is 0 Å². The molecular weight excluding hydrogens is 176 g/mol. The molecule has 1 aliphatic rings. The maximum absolute atomic E-state index is 12.5. The first kappa shape index (κ1) is 8.61. The summed E-state index contributed by atoms with van der Waals surface area (Å²) in [6.45, 7) is 0.0241. The van der Waals surface area contributed by atoms with Gasteiger partial charge < -0.3 is 0 Å². The minimum absolute atomic E-state index is 0.0241. The first-order valence-electron chi connectivity index (χ1n) is 3.08. The number of hydrogen-bond acceptors (Lipinski definition) is 2. The molecule has 0 radical (unpaired) electrons. The van der Waals surface area contributed by atoms with Gasteiger partial charge in [0.15, 0.2) is 0 Å². The molecule has 0 atom stereocenters. The second kappa shape index (κ2) is 2.86. The number of alkyl halides is 2. The molecule has 3 nitrogen and oxygen atoms in total. The molecule has 0 aromatic rings. The molecular formula is C5H7F2NO2S. The Morgan fingerprint density at radius 3 is 2.45 bits per heavy atom. The zero-order valence-electron chi connectivity index (χ0n) is 5.60. The maximum Gasteiger partial charge on any atom is 0.255 e. The van der Waals surface area contributed by atoms with Crippen LogP contribution in [0, 0.1) is 0 Å². The lowest BCUT2D eigenvalue weighted by molar-refractivity contribution is -0.00462. The molecule has 1 saturated heterocycles. The largest absolute Gasteiger partial charge is 0.279 e. The van der Waals surface area contributed by atoms with Crippen molar-refractivity contribution in [1.29, 1.82) is 0 Å². The van der Waals surface area contributed by atoms with Crippen LogP contribution in [-0.4, -0.2) is 25.9 Å². The molecule has 1 fully saturated rings. The third-order valence-corrected chi connectivity index (χ3v) is 2.12. The van der Waals surface area contributed by atoms with Crippen molar-refractivity contribution in [1.82, 2.24) is 5.32 Å². The fourth-order valence-corrected chi connectivity index (χ4v) is 1.44. The van der Waals surface area contributed by atoms with E-state index in [0.717, 1.165) is 0 Å². The summed E-state index contributed by atoms with van der Waals surface area (Å²) in [6.07, 6.45) is -0.989. The Bertz CT molecular complexity index is 275. The van der Waals surface area contributed by atoms with E-state index in [1.807, 2.05) is 0 Å². The Hall–Kier alpha value is -0.490. The SMILES string of the molecule is O=S(=O)=C1CC(F)(F)CCN1. The highest BCUT2D eigenvalue weighted by molar-refractivity contribution is 7.72. The Kier molecular flexibility index (Phi) is 2.24. The topological polar surface area (TPSA) is 46.2 Å². The molecule has 0 aliphatic carbocycles. The van der Waals surface area contributed by atoms with Gasteiger partial charge in [0.2, 0.25) is 10.3 Å². The monoisotopic (exact) mass is 183 g/mol. The molecule has 1 aliphatic heterocycles. The van der Waals surface area contributed by atoms with Gasteiger partial charge in [-0.15, -0.1) is 0 Å². The third-order valence-electron chi connectivity index (χ3n) is 1.43. The van der Waals surface area contributed by atoms with Gasteiger partial charge in [-0.1, -0.05) is 0 Å². The van der Waals surface area contributed by atoms with E-state index in [4.69, 9.17) is 0 Å². The summed E-state index contributed by atoms with van der Waals surface area (Å²) in [7, 11) is -2.52. The van der Waals surface area contributed by atoms with Crippen molar-refractivity contribution >= 4 is 15.3 Å². The molecule has 64 valence electrons. The van der Waals surface area contributed by atoms with Crippen molar-refractivity contribution in [2.24, 2.45) is 0 Å². The van der Waals surface area contributed by atoms with Gasteiger partial charge in [0.1, 0.15) is 4.99 Å². The predicted molar refractivity (Wildman–Crippen MR) is 36.1 cm³/mol. The van der Waals surface area contributed by atoms with E-state index >= 15 is 0 Å². The van der Waals surface area contributed by atoms with Crippen LogP contribution in [0.4, 0.5) is 8.78 Å². The minimum Gasteiger partial charge on any atom is -0.279 e. The predicted octanol–water partition coefficient (Wildman–Crippen LogP) is 0.0141. The summed E-state index contributed by atoms with van der Waals surface area (Å²) in [5.74, 6) is -2.86. The van der Waals surface area contributed by atoms with E-state index in [2.05, 4.69) is 5.32 Å². The van der Waals surface area contributed by atoms with Gasteiger partial charge in [-0.3, -0.25) is 5.32 Å². The van der Waals surface area contributed by atoms with E-state index in [9.17, 15) is 17.2 Å². The zero-order valence-corrected chi connectivity index (χ0v) is 6.42. The Balaban J connectivity index is 2.85. The molecule has 0 saturated carbocycles. The van der Waals surface area contributed by atoms with Crippen LogP contribution in [-0.2, 0) is 10.3 Å². The lowest BCUT2D eigenvalue weighted by Gasteiger charge is -2.21. The Morgan fingerprint density at radius 2 is 2.09 bits per heavy atom. The highest BCUT2D eigenvalue weighted by Crippen LogP contribution is 2.24. The smallest absolute Gasteiger partial charge is 0.255 e. The van der Waals surface area contributed by atoms with Crippen molar-refractivity contribution in [2.75, 3.05) is 6.54 Å². The summed E-state index contributed by atoms with van der Waals surface area (Å²) in [4.78, 5) is -0.291. The van der Waals surface area contributed by atoms with Gasteiger partial charge in [0, 0.05) is 13.0 Å². The summed E-state index contributed by atoms with van der Waals surface area (Å²) >= 11 is 0. The van der Waals surface area contributed by atoms with Gasteiger partial charge in [0.05, 0.1) is 6.42 Å². The molecule has 0 bridgehead atoms. The highest BCUT2D eigenvalue weighted by Gasteiger charge is 2.34. The summed E-state index contributed by atoms with van der Waals surface area (Å²) in [5, 5.41) is 2.40. The van der Waals surface area contributed by atoms with E-state index in [-0.39, 0.29) is 18.0 Å². The molecule has 1 N–H and O–H groups in total. The summed E-state index contributed by atoms with van der Waals surface area (Å²) in [5.41, 5.74) is 0. The molecule has 11 heavy (non-hydrogen) atoms. The van der Waals surface area contributed by atoms with Gasteiger partial charge in [0.25, 0.3) is 5.92 Å². The maximum atomic E-state index is 12.5. The first-order valence-corrected chi connectivity index (χ1v) is 4.15. The number of rotatable bonds is 0. The normalized spacial score (nSPS) is 23.3. The van der Waals surface area contributed by atoms with Crippen LogP contribution in [0.1, 0.15) is 12.8 Å². The van der Waals surface area contributed by atoms with Gasteiger partial charge in [-0.2, -0.15) is 8.42 Å². The van der Waals surface area contributed by atoms with Crippen molar-refractivity contribution < 1.29 is 17.2 Å². The quantitative estimate of drug-likeness (QED) is 0.538. The number of nitrogens with one attached hydrogen (secondary N) is 1. The Labute approximate surface area is 63.9 Å². The van der Waals surface area contributed by atoms with Crippen LogP contribution in [0.15, 0.2) is 0 Å². The second-order valence-corrected chi connectivity index (χ2v) is 3.33. The second-order valence-electron chi connectivity index (χ2n) is 2.37. The summed E-state index contributed by atoms with van der Waals surface area (Å²) in [6, 6.07) is 0. The van der Waals surface area contributed by atoms with Crippen molar-refractivity contribution in [3.8, 4) is 0 Å². The molecule has 0 unspecified atom stereocenters.